The Bertz CT molecular complexity index is 467. The Hall–Kier alpha value is -1.06. The maximum Gasteiger partial charge on any atom is 0.192 e. The van der Waals surface area contributed by atoms with Crippen LogP contribution in [-0.4, -0.2) is 24.0 Å². The van der Waals surface area contributed by atoms with Crippen LogP contribution in [0.2, 0.25) is 0 Å². The maximum atomic E-state index is 5.58. The molecule has 1 heterocycles. The highest BCUT2D eigenvalue weighted by Crippen LogP contribution is 2.16. The van der Waals surface area contributed by atoms with Gasteiger partial charge in [-0.3, -0.25) is 0 Å². The van der Waals surface area contributed by atoms with E-state index in [0.717, 1.165) is 30.6 Å². The van der Waals surface area contributed by atoms with Crippen molar-refractivity contribution in [3.8, 4) is 0 Å². The Morgan fingerprint density at radius 2 is 2.25 bits per heavy atom. The normalized spacial score (nSPS) is 11.1. The van der Waals surface area contributed by atoms with Crippen molar-refractivity contribution in [2.24, 2.45) is 0 Å². The third kappa shape index (κ3) is 2.74. The number of aromatic nitrogens is 1. The van der Waals surface area contributed by atoms with E-state index in [1.807, 2.05) is 13.0 Å². The molecule has 0 aliphatic heterocycles. The van der Waals surface area contributed by atoms with Crippen LogP contribution in [0.15, 0.2) is 22.6 Å². The van der Waals surface area contributed by atoms with Gasteiger partial charge >= 0.3 is 0 Å². The Morgan fingerprint density at radius 3 is 3.06 bits per heavy atom. The first-order chi connectivity index (χ1) is 7.79. The van der Waals surface area contributed by atoms with Gasteiger partial charge in [-0.15, -0.1) is 11.6 Å². The molecular weight excluding hydrogens is 224 g/mol. The molecule has 16 heavy (non-hydrogen) atoms. The SMILES string of the molecule is Cc1nc2cc(CCNCCCl)ccc2o1. The fourth-order valence-electron chi connectivity index (χ4n) is 1.67. The number of nitrogens with zero attached hydrogens (tertiary/aromatic N) is 1. The largest absolute Gasteiger partial charge is 0.441 e. The van der Waals surface area contributed by atoms with Gasteiger partial charge in [-0.2, -0.15) is 0 Å². The summed E-state index contributed by atoms with van der Waals surface area (Å²) in [5.74, 6) is 1.37. The van der Waals surface area contributed by atoms with Crippen molar-refractivity contribution in [3.63, 3.8) is 0 Å². The number of nitrogens with one attached hydrogen (secondary N) is 1. The average molecular weight is 239 g/mol. The summed E-state index contributed by atoms with van der Waals surface area (Å²) in [5.41, 5.74) is 3.06. The van der Waals surface area contributed by atoms with E-state index in [1.165, 1.54) is 5.56 Å². The van der Waals surface area contributed by atoms with E-state index in [4.69, 9.17) is 16.0 Å². The van der Waals surface area contributed by atoms with Crippen molar-refractivity contribution in [2.45, 2.75) is 13.3 Å². The molecule has 2 aromatic rings. The van der Waals surface area contributed by atoms with Crippen LogP contribution in [0, 0.1) is 6.92 Å². The summed E-state index contributed by atoms with van der Waals surface area (Å²) in [7, 11) is 0. The smallest absolute Gasteiger partial charge is 0.192 e. The molecular formula is C12H15ClN2O. The molecule has 0 fully saturated rings. The monoisotopic (exact) mass is 238 g/mol. The second kappa shape index (κ2) is 5.32. The van der Waals surface area contributed by atoms with Crippen LogP contribution in [0.25, 0.3) is 11.1 Å². The predicted octanol–water partition coefficient (Wildman–Crippen LogP) is 2.51. The lowest BCUT2D eigenvalue weighted by molar-refractivity contribution is 0.561. The van der Waals surface area contributed by atoms with Crippen molar-refractivity contribution in [1.29, 1.82) is 0 Å². The molecule has 0 aliphatic rings. The summed E-state index contributed by atoms with van der Waals surface area (Å²) in [4.78, 5) is 4.31. The molecule has 0 unspecified atom stereocenters. The topological polar surface area (TPSA) is 38.1 Å². The summed E-state index contributed by atoms with van der Waals surface area (Å²) in [6.07, 6.45) is 0.985. The molecule has 4 heteroatoms. The van der Waals surface area contributed by atoms with Gasteiger partial charge in [0, 0.05) is 19.3 Å². The first-order valence-electron chi connectivity index (χ1n) is 5.42. The van der Waals surface area contributed by atoms with Crippen molar-refractivity contribution in [1.82, 2.24) is 10.3 Å². The number of aryl methyl sites for hydroxylation is 1. The number of rotatable bonds is 5. The number of oxazole rings is 1. The van der Waals surface area contributed by atoms with E-state index in [9.17, 15) is 0 Å². The van der Waals surface area contributed by atoms with Gasteiger partial charge in [-0.25, -0.2) is 4.98 Å². The highest BCUT2D eigenvalue weighted by molar-refractivity contribution is 6.18. The molecule has 0 saturated carbocycles. The summed E-state index contributed by atoms with van der Waals surface area (Å²) < 4.78 is 5.42. The quantitative estimate of drug-likeness (QED) is 0.643. The lowest BCUT2D eigenvalue weighted by Gasteiger charge is -2.02. The van der Waals surface area contributed by atoms with Crippen molar-refractivity contribution in [2.75, 3.05) is 19.0 Å². The highest BCUT2D eigenvalue weighted by Gasteiger charge is 2.02. The van der Waals surface area contributed by atoms with Crippen LogP contribution >= 0.6 is 11.6 Å². The van der Waals surface area contributed by atoms with Gasteiger partial charge in [0.1, 0.15) is 5.52 Å². The molecule has 0 atom stereocenters. The third-order valence-corrected chi connectivity index (χ3v) is 2.61. The van der Waals surface area contributed by atoms with Gasteiger partial charge in [0.25, 0.3) is 0 Å². The zero-order valence-electron chi connectivity index (χ0n) is 9.29. The number of fused-ring (bicyclic) bond motifs is 1. The summed E-state index contributed by atoms with van der Waals surface area (Å²) >= 11 is 5.58. The molecule has 86 valence electrons. The molecule has 0 spiro atoms. The van der Waals surface area contributed by atoms with E-state index >= 15 is 0 Å². The number of benzene rings is 1. The van der Waals surface area contributed by atoms with Gasteiger partial charge in [0.05, 0.1) is 0 Å². The van der Waals surface area contributed by atoms with E-state index in [0.29, 0.717) is 11.8 Å². The van der Waals surface area contributed by atoms with Crippen molar-refractivity contribution >= 4 is 22.7 Å². The van der Waals surface area contributed by atoms with Crippen molar-refractivity contribution in [3.05, 3.63) is 29.7 Å². The molecule has 1 aromatic carbocycles. The zero-order valence-corrected chi connectivity index (χ0v) is 10.0. The zero-order chi connectivity index (χ0) is 11.4. The first-order valence-corrected chi connectivity index (χ1v) is 5.96. The Morgan fingerprint density at radius 1 is 1.38 bits per heavy atom. The molecule has 0 saturated heterocycles. The molecule has 1 N–H and O–H groups in total. The maximum absolute atomic E-state index is 5.58. The summed E-state index contributed by atoms with van der Waals surface area (Å²) in [6, 6.07) is 6.13. The minimum Gasteiger partial charge on any atom is -0.441 e. The van der Waals surface area contributed by atoms with Gasteiger partial charge in [-0.05, 0) is 30.7 Å². The third-order valence-electron chi connectivity index (χ3n) is 2.42. The number of hydrogen-bond acceptors (Lipinski definition) is 3. The van der Waals surface area contributed by atoms with Crippen LogP contribution in [0.4, 0.5) is 0 Å². The van der Waals surface area contributed by atoms with Gasteiger partial charge in [0.2, 0.25) is 0 Å². The summed E-state index contributed by atoms with van der Waals surface area (Å²) in [5, 5.41) is 3.26. The number of alkyl halides is 1. The molecule has 0 aliphatic carbocycles. The molecule has 3 nitrogen and oxygen atoms in total. The highest BCUT2D eigenvalue weighted by atomic mass is 35.5. The Labute approximate surface area is 99.8 Å². The summed E-state index contributed by atoms with van der Waals surface area (Å²) in [6.45, 7) is 3.66. The minimum atomic E-state index is 0.654. The lowest BCUT2D eigenvalue weighted by atomic mass is 10.1. The number of hydrogen-bond donors (Lipinski definition) is 1. The van der Waals surface area contributed by atoms with Crippen LogP contribution in [0.1, 0.15) is 11.5 Å². The standard InChI is InChI=1S/C12H15ClN2O/c1-9-15-11-8-10(2-3-12(11)16-9)4-6-14-7-5-13/h2-3,8,14H,4-7H2,1H3. The number of halogens is 1. The van der Waals surface area contributed by atoms with Crippen LogP contribution in [0.5, 0.6) is 0 Å². The van der Waals surface area contributed by atoms with E-state index < -0.39 is 0 Å². The average Bonchev–Trinajstić information content (AvgIpc) is 2.64. The molecule has 1 aromatic heterocycles. The fraction of sp³-hybridized carbons (Fsp3) is 0.417. The Balaban J connectivity index is 2.02. The van der Waals surface area contributed by atoms with Gasteiger partial charge < -0.3 is 9.73 Å². The van der Waals surface area contributed by atoms with Gasteiger partial charge in [-0.1, -0.05) is 6.07 Å². The van der Waals surface area contributed by atoms with Crippen LogP contribution in [-0.2, 0) is 6.42 Å². The molecule has 0 bridgehead atoms. The molecule has 2 rings (SSSR count). The minimum absolute atomic E-state index is 0.654. The molecule has 0 amide bonds. The van der Waals surface area contributed by atoms with E-state index in [1.54, 1.807) is 0 Å². The second-order valence-electron chi connectivity index (χ2n) is 3.72. The molecule has 0 radical (unpaired) electrons. The Kier molecular flexibility index (Phi) is 3.80. The first kappa shape index (κ1) is 11.4. The van der Waals surface area contributed by atoms with Crippen molar-refractivity contribution < 1.29 is 4.42 Å². The van der Waals surface area contributed by atoms with Crippen LogP contribution < -0.4 is 5.32 Å². The van der Waals surface area contributed by atoms with Crippen LogP contribution in [0.3, 0.4) is 0 Å². The predicted molar refractivity (Wildman–Crippen MR) is 66.0 cm³/mol. The fourth-order valence-corrected chi connectivity index (χ4v) is 1.80. The van der Waals surface area contributed by atoms with E-state index in [-0.39, 0.29) is 0 Å². The lowest BCUT2D eigenvalue weighted by Crippen LogP contribution is -2.19. The second-order valence-corrected chi connectivity index (χ2v) is 4.10. The van der Waals surface area contributed by atoms with Gasteiger partial charge in [0.15, 0.2) is 11.5 Å². The van der Waals surface area contributed by atoms with E-state index in [2.05, 4.69) is 22.4 Å².